The quantitative estimate of drug-likeness (QED) is 0.331. The average Bonchev–Trinajstić information content (AvgIpc) is 2.70. The van der Waals surface area contributed by atoms with Gasteiger partial charge in [0.25, 0.3) is 0 Å². The summed E-state index contributed by atoms with van der Waals surface area (Å²) in [6.07, 6.45) is 15.6. The summed E-state index contributed by atoms with van der Waals surface area (Å²) in [6, 6.07) is 0. The summed E-state index contributed by atoms with van der Waals surface area (Å²) >= 11 is 0. The van der Waals surface area contributed by atoms with Gasteiger partial charge in [-0.05, 0) is 26.7 Å². The van der Waals surface area contributed by atoms with Crippen LogP contribution in [0.4, 0.5) is 0 Å². The van der Waals surface area contributed by atoms with E-state index in [2.05, 4.69) is 33.1 Å². The molecule has 1 aliphatic rings. The summed E-state index contributed by atoms with van der Waals surface area (Å²) in [5, 5.41) is 0. The molecule has 172 valence electrons. The van der Waals surface area contributed by atoms with E-state index in [1.54, 1.807) is 6.08 Å². The van der Waals surface area contributed by atoms with E-state index >= 15 is 0 Å². The molecule has 0 heterocycles. The third-order valence-electron chi connectivity index (χ3n) is 2.45. The van der Waals surface area contributed by atoms with E-state index in [4.69, 9.17) is 0 Å². The molecular weight excluding hydrogens is 324 g/mol. The van der Waals surface area contributed by atoms with Gasteiger partial charge in [0.15, 0.2) is 0 Å². The Labute approximate surface area is 179 Å². The molecule has 0 aromatic rings. The molecule has 0 atom stereocenters. The van der Waals surface area contributed by atoms with Gasteiger partial charge in [-0.25, -0.2) is 0 Å². The third kappa shape index (κ3) is 108. The molecule has 0 spiro atoms. The van der Waals surface area contributed by atoms with Crippen molar-refractivity contribution in [2.75, 3.05) is 0 Å². The van der Waals surface area contributed by atoms with Gasteiger partial charge in [0, 0.05) is 0 Å². The number of unbranched alkanes of at least 4 members (excludes halogenated alkanes) is 1. The van der Waals surface area contributed by atoms with Crippen molar-refractivity contribution >= 4 is 0 Å². The first kappa shape index (κ1) is 50.2. The fourth-order valence-corrected chi connectivity index (χ4v) is 0.995. The van der Waals surface area contributed by atoms with Crippen LogP contribution in [-0.4, -0.2) is 0 Å². The first-order chi connectivity index (χ1) is 12.8. The Balaban J connectivity index is -0.0000000286. The van der Waals surface area contributed by atoms with Crippen LogP contribution in [0.5, 0.6) is 0 Å². The third-order valence-corrected chi connectivity index (χ3v) is 2.45. The van der Waals surface area contributed by atoms with Crippen LogP contribution in [0.15, 0.2) is 37.0 Å². The van der Waals surface area contributed by atoms with E-state index in [9.17, 15) is 0 Å². The molecule has 0 aliphatic heterocycles. The molecule has 0 bridgehead atoms. The normalized spacial score (nSPS) is 9.00. The molecule has 0 heteroatoms. The van der Waals surface area contributed by atoms with E-state index in [0.717, 1.165) is 0 Å². The van der Waals surface area contributed by atoms with Crippen LogP contribution < -0.4 is 0 Å². The zero-order valence-electron chi connectivity index (χ0n) is 21.6. The molecule has 0 saturated heterocycles. The number of hydrogen-bond acceptors (Lipinski definition) is 0. The lowest BCUT2D eigenvalue weighted by molar-refractivity contribution is 0.504. The second kappa shape index (κ2) is 99.1. The average molecular weight is 389 g/mol. The maximum atomic E-state index is 3.72. The first-order valence-corrected chi connectivity index (χ1v) is 11.6. The Bertz CT molecular complexity index is 166. The minimum absolute atomic E-state index is 0. The van der Waals surface area contributed by atoms with Crippen molar-refractivity contribution in [1.82, 2.24) is 0 Å². The number of hydrogen-bond donors (Lipinski definition) is 0. The van der Waals surface area contributed by atoms with Crippen LogP contribution in [-0.2, 0) is 0 Å². The van der Waals surface area contributed by atoms with Crippen molar-refractivity contribution in [2.24, 2.45) is 0 Å². The predicted molar refractivity (Wildman–Crippen MR) is 141 cm³/mol. The van der Waals surface area contributed by atoms with Gasteiger partial charge in [-0.3, -0.25) is 0 Å². The Morgan fingerprint density at radius 3 is 1.07 bits per heavy atom. The van der Waals surface area contributed by atoms with Crippen LogP contribution in [0.3, 0.4) is 0 Å². The van der Waals surface area contributed by atoms with Crippen LogP contribution in [0.2, 0.25) is 0 Å². The van der Waals surface area contributed by atoms with Gasteiger partial charge in [0.2, 0.25) is 0 Å². The van der Waals surface area contributed by atoms with Gasteiger partial charge in [-0.2, -0.15) is 0 Å². The van der Waals surface area contributed by atoms with Crippen LogP contribution in [0.1, 0.15) is 142 Å². The molecule has 1 fully saturated rings. The lowest BCUT2D eigenvalue weighted by Crippen LogP contribution is -1.85. The molecule has 27 heavy (non-hydrogen) atoms. The highest BCUT2D eigenvalue weighted by molar-refractivity contribution is 5.14. The molecule has 1 saturated carbocycles. The Kier molecular flexibility index (Phi) is 184. The van der Waals surface area contributed by atoms with Gasteiger partial charge in [-0.1, -0.05) is 146 Å². The summed E-state index contributed by atoms with van der Waals surface area (Å²) in [5.41, 5.74) is 1.37. The molecule has 0 aromatic carbocycles. The summed E-state index contributed by atoms with van der Waals surface area (Å²) in [5.74, 6) is 0. The zero-order chi connectivity index (χ0) is 22.6. The fraction of sp³-hybridized carbons (Fsp3) is 0.778. The lowest BCUT2D eigenvalue weighted by Gasteiger charge is -2.05. The van der Waals surface area contributed by atoms with Gasteiger partial charge < -0.3 is 0 Å². The number of rotatable bonds is 4. The molecule has 0 N–H and O–H groups in total. The maximum absolute atomic E-state index is 3.72. The predicted octanol–water partition coefficient (Wildman–Crippen LogP) is 11.8. The molecule has 0 radical (unpaired) electrons. The molecule has 0 aromatic heterocycles. The highest BCUT2D eigenvalue weighted by Gasteiger charge is 1.95. The van der Waals surface area contributed by atoms with Crippen molar-refractivity contribution in [3.8, 4) is 0 Å². The summed E-state index contributed by atoms with van der Waals surface area (Å²) < 4.78 is 0. The summed E-state index contributed by atoms with van der Waals surface area (Å²) in [6.45, 7) is 33.2. The molecule has 1 rings (SSSR count). The molecule has 0 nitrogen and oxygen atoms in total. The second-order valence-corrected chi connectivity index (χ2v) is 3.99. The van der Waals surface area contributed by atoms with E-state index < -0.39 is 0 Å². The monoisotopic (exact) mass is 389 g/mol. The topological polar surface area (TPSA) is 0 Å². The fourth-order valence-electron chi connectivity index (χ4n) is 0.995. The number of allylic oxidation sites excluding steroid dienone is 4. The zero-order valence-corrected chi connectivity index (χ0v) is 21.6. The highest BCUT2D eigenvalue weighted by Crippen LogP contribution is 2.15. The van der Waals surface area contributed by atoms with Crippen molar-refractivity contribution in [2.45, 2.75) is 142 Å². The summed E-state index contributed by atoms with van der Waals surface area (Å²) in [7, 11) is 0. The first-order valence-electron chi connectivity index (χ1n) is 11.6. The molecule has 0 amide bonds. The van der Waals surface area contributed by atoms with E-state index in [1.807, 2.05) is 82.2 Å². The Morgan fingerprint density at radius 2 is 0.963 bits per heavy atom. The van der Waals surface area contributed by atoms with Crippen molar-refractivity contribution in [3.63, 3.8) is 0 Å². The minimum atomic E-state index is 0. The Morgan fingerprint density at radius 1 is 0.704 bits per heavy atom. The SMILES string of the molecule is C.C1CCC1.C=C/C(=C\C)CCCC.C=CC.CC.CC.CC.CC.CC. The van der Waals surface area contributed by atoms with Gasteiger partial charge >= 0.3 is 0 Å². The van der Waals surface area contributed by atoms with Crippen molar-refractivity contribution < 1.29 is 0 Å². The maximum Gasteiger partial charge on any atom is -0.0282 e. The molecular formula is C27H64. The van der Waals surface area contributed by atoms with Gasteiger partial charge in [0.1, 0.15) is 0 Å². The highest BCUT2D eigenvalue weighted by atomic mass is 14.0. The standard InChI is InChI=1S/C9H16.C4H8.C3H6.5C2H6.CH4/c1-4-7-8-9(5-2)6-3;1-2-4-3-1;1-3-2;5*1-2;/h5-6H,2,4,7-8H2,1,3H3;1-4H2;3H,1H2,2H3;5*1-2H3;1H4/b9-6+;;;;;;;;. The van der Waals surface area contributed by atoms with Crippen LogP contribution in [0.25, 0.3) is 0 Å². The smallest absolute Gasteiger partial charge is 0.0282 e. The van der Waals surface area contributed by atoms with E-state index in [-0.39, 0.29) is 7.43 Å². The van der Waals surface area contributed by atoms with Crippen molar-refractivity contribution in [1.29, 1.82) is 0 Å². The van der Waals surface area contributed by atoms with E-state index in [1.165, 1.54) is 50.5 Å². The second-order valence-electron chi connectivity index (χ2n) is 3.99. The minimum Gasteiger partial charge on any atom is -0.103 e. The van der Waals surface area contributed by atoms with Gasteiger partial charge in [-0.15, -0.1) is 6.58 Å². The largest absolute Gasteiger partial charge is 0.103 e. The Hall–Kier alpha value is -0.780. The van der Waals surface area contributed by atoms with Crippen LogP contribution >= 0.6 is 0 Å². The summed E-state index contributed by atoms with van der Waals surface area (Å²) in [4.78, 5) is 0. The van der Waals surface area contributed by atoms with Gasteiger partial charge in [0.05, 0.1) is 0 Å². The molecule has 1 aliphatic carbocycles. The van der Waals surface area contributed by atoms with Crippen molar-refractivity contribution in [3.05, 3.63) is 37.0 Å². The molecule has 0 unspecified atom stereocenters. The van der Waals surface area contributed by atoms with E-state index in [0.29, 0.717) is 0 Å². The lowest BCUT2D eigenvalue weighted by atomic mass is 10.0. The van der Waals surface area contributed by atoms with Crippen LogP contribution in [0, 0.1) is 0 Å².